The van der Waals surface area contributed by atoms with Gasteiger partial charge in [0.1, 0.15) is 12.1 Å². The van der Waals surface area contributed by atoms with Gasteiger partial charge in [-0.05, 0) is 17.7 Å². The van der Waals surface area contributed by atoms with Crippen LogP contribution in [0.1, 0.15) is 22.5 Å². The van der Waals surface area contributed by atoms with E-state index in [1.165, 1.54) is 11.3 Å². The molecule has 4 heterocycles. The van der Waals surface area contributed by atoms with Crippen molar-refractivity contribution in [1.82, 2.24) is 14.9 Å². The Labute approximate surface area is 151 Å². The van der Waals surface area contributed by atoms with Crippen LogP contribution in [-0.2, 0) is 19.5 Å². The average molecular weight is 396 g/mol. The van der Waals surface area contributed by atoms with Crippen molar-refractivity contribution in [2.75, 3.05) is 6.54 Å². The third-order valence-electron chi connectivity index (χ3n) is 4.19. The summed E-state index contributed by atoms with van der Waals surface area (Å²) in [6.07, 6.45) is 3.27. The molecule has 2 atom stereocenters. The van der Waals surface area contributed by atoms with Gasteiger partial charge in [-0.25, -0.2) is 4.79 Å². The highest BCUT2D eigenvalue weighted by Gasteiger charge is 2.52. The second kappa shape index (κ2) is 5.74. The monoisotopic (exact) mass is 396 g/mol. The summed E-state index contributed by atoms with van der Waals surface area (Å²) in [4.78, 5) is 30.9. The van der Waals surface area contributed by atoms with Gasteiger partial charge in [-0.3, -0.25) is 14.3 Å². The summed E-state index contributed by atoms with van der Waals surface area (Å²) in [7, 11) is -4.91. The molecule has 0 aromatic carbocycles. The summed E-state index contributed by atoms with van der Waals surface area (Å²) in [5.41, 5.74) is 6.83. The molecule has 1 saturated heterocycles. The lowest BCUT2D eigenvalue weighted by Crippen LogP contribution is -2.41. The lowest BCUT2D eigenvalue weighted by atomic mass is 9.98. The molecule has 2 aliphatic rings. The topological polar surface area (TPSA) is 143 Å². The summed E-state index contributed by atoms with van der Waals surface area (Å²) < 4.78 is 35.6. The van der Waals surface area contributed by atoms with Crippen LogP contribution in [0, 0.1) is 0 Å². The Bertz CT molecular complexity index is 1010. The fraction of sp³-hybridized carbons (Fsp3) is 0.214. The van der Waals surface area contributed by atoms with Gasteiger partial charge in [0.25, 0.3) is 0 Å². The SMILES string of the molecule is NC(=O)C1c2sc(-c3cccnc3)cc2C2CN1C(=O)N2OS(=O)(=O)O. The van der Waals surface area contributed by atoms with Crippen molar-refractivity contribution in [3.05, 3.63) is 41.0 Å². The summed E-state index contributed by atoms with van der Waals surface area (Å²) >= 11 is 1.27. The number of aromatic nitrogens is 1. The number of nitrogens with zero attached hydrogens (tertiary/aromatic N) is 3. The van der Waals surface area contributed by atoms with Crippen molar-refractivity contribution in [1.29, 1.82) is 0 Å². The van der Waals surface area contributed by atoms with Crippen LogP contribution in [0.25, 0.3) is 10.4 Å². The van der Waals surface area contributed by atoms with Crippen LogP contribution in [0.3, 0.4) is 0 Å². The van der Waals surface area contributed by atoms with Crippen molar-refractivity contribution in [2.24, 2.45) is 5.73 Å². The van der Waals surface area contributed by atoms with Crippen LogP contribution in [0.4, 0.5) is 4.79 Å². The van der Waals surface area contributed by atoms with E-state index < -0.39 is 34.4 Å². The predicted octanol–water partition coefficient (Wildman–Crippen LogP) is 0.863. The standard InChI is InChI=1S/C14H12N4O6S2/c15-13(19)11-12-8(4-10(25-12)7-2-1-3-16-5-7)9-6-17(11)14(20)18(9)24-26(21,22)23/h1-5,9,11H,6H2,(H2,15,19)(H,21,22,23). The Morgan fingerprint density at radius 2 is 2.23 bits per heavy atom. The zero-order valence-electron chi connectivity index (χ0n) is 13.0. The highest BCUT2D eigenvalue weighted by molar-refractivity contribution is 7.80. The Balaban J connectivity index is 1.84. The number of thiophene rings is 1. The Morgan fingerprint density at radius 3 is 2.85 bits per heavy atom. The molecule has 2 aliphatic heterocycles. The molecule has 0 saturated carbocycles. The third-order valence-corrected chi connectivity index (χ3v) is 5.79. The van der Waals surface area contributed by atoms with Crippen LogP contribution in [0.2, 0.25) is 0 Å². The number of carbonyl (C=O) groups is 2. The highest BCUT2D eigenvalue weighted by Crippen LogP contribution is 2.49. The smallest absolute Gasteiger partial charge is 0.368 e. The Hall–Kier alpha value is -2.54. The molecule has 136 valence electrons. The van der Waals surface area contributed by atoms with E-state index in [0.717, 1.165) is 15.3 Å². The predicted molar refractivity (Wildman–Crippen MR) is 88.8 cm³/mol. The molecule has 10 nitrogen and oxygen atoms in total. The first-order chi connectivity index (χ1) is 12.3. The number of hydrogen-bond acceptors (Lipinski definition) is 7. The molecular formula is C14H12N4O6S2. The number of primary amides is 1. The summed E-state index contributed by atoms with van der Waals surface area (Å²) in [5, 5.41) is 0.552. The molecule has 12 heteroatoms. The Morgan fingerprint density at radius 1 is 1.46 bits per heavy atom. The molecule has 1 fully saturated rings. The van der Waals surface area contributed by atoms with Crippen LogP contribution in [-0.4, -0.2) is 46.4 Å². The molecule has 0 spiro atoms. The van der Waals surface area contributed by atoms with Gasteiger partial charge < -0.3 is 10.6 Å². The van der Waals surface area contributed by atoms with Gasteiger partial charge >= 0.3 is 16.4 Å². The van der Waals surface area contributed by atoms with Crippen molar-refractivity contribution in [3.8, 4) is 10.4 Å². The molecule has 2 aromatic rings. The minimum Gasteiger partial charge on any atom is -0.368 e. The van der Waals surface area contributed by atoms with E-state index in [4.69, 9.17) is 10.3 Å². The maximum atomic E-state index is 12.4. The fourth-order valence-electron chi connectivity index (χ4n) is 3.19. The van der Waals surface area contributed by atoms with Gasteiger partial charge in [0.15, 0.2) is 0 Å². The van der Waals surface area contributed by atoms with Gasteiger partial charge in [0.2, 0.25) is 5.91 Å². The zero-order chi connectivity index (χ0) is 18.6. The van der Waals surface area contributed by atoms with Gasteiger partial charge in [0, 0.05) is 27.7 Å². The van der Waals surface area contributed by atoms with Gasteiger partial charge in [-0.1, -0.05) is 6.07 Å². The maximum absolute atomic E-state index is 12.4. The first-order valence-electron chi connectivity index (χ1n) is 7.36. The number of hydrogen-bond donors (Lipinski definition) is 2. The number of nitrogens with two attached hydrogens (primary N) is 1. The van der Waals surface area contributed by atoms with E-state index in [0.29, 0.717) is 15.5 Å². The number of pyridine rings is 1. The van der Waals surface area contributed by atoms with Crippen molar-refractivity contribution >= 4 is 33.7 Å². The summed E-state index contributed by atoms with van der Waals surface area (Å²) in [5.74, 6) is -0.744. The number of hydroxylamine groups is 2. The number of urea groups is 1. The average Bonchev–Trinajstić information content (AvgIpc) is 3.12. The fourth-order valence-corrected chi connectivity index (χ4v) is 4.89. The van der Waals surface area contributed by atoms with Gasteiger partial charge in [-0.15, -0.1) is 15.6 Å². The largest absolute Gasteiger partial charge is 0.418 e. The number of carbonyl (C=O) groups excluding carboxylic acids is 2. The molecule has 0 aliphatic carbocycles. The summed E-state index contributed by atoms with van der Waals surface area (Å²) in [6.45, 7) is 0.0121. The molecule has 3 N–H and O–H groups in total. The number of fused-ring (bicyclic) bond motifs is 4. The molecule has 4 rings (SSSR count). The van der Waals surface area contributed by atoms with Gasteiger partial charge in [-0.2, -0.15) is 13.5 Å². The van der Waals surface area contributed by atoms with Crippen molar-refractivity contribution in [3.63, 3.8) is 0 Å². The van der Waals surface area contributed by atoms with E-state index >= 15 is 0 Å². The number of amides is 3. The molecule has 26 heavy (non-hydrogen) atoms. The molecule has 2 unspecified atom stereocenters. The molecule has 2 bridgehead atoms. The summed E-state index contributed by atoms with van der Waals surface area (Å²) in [6, 6.07) is 2.64. The van der Waals surface area contributed by atoms with E-state index in [9.17, 15) is 18.0 Å². The second-order valence-corrected chi connectivity index (χ2v) is 7.84. The van der Waals surface area contributed by atoms with E-state index in [-0.39, 0.29) is 6.54 Å². The normalized spacial score (nSPS) is 21.8. The highest BCUT2D eigenvalue weighted by atomic mass is 32.3. The van der Waals surface area contributed by atoms with Crippen molar-refractivity contribution < 1.29 is 26.8 Å². The van der Waals surface area contributed by atoms with Crippen LogP contribution in [0.15, 0.2) is 30.6 Å². The number of rotatable bonds is 4. The quantitative estimate of drug-likeness (QED) is 0.730. The molecular weight excluding hydrogens is 384 g/mol. The lowest BCUT2D eigenvalue weighted by molar-refractivity contribution is -0.122. The first-order valence-corrected chi connectivity index (χ1v) is 9.54. The lowest BCUT2D eigenvalue weighted by Gasteiger charge is -2.27. The van der Waals surface area contributed by atoms with E-state index in [1.54, 1.807) is 24.5 Å². The first kappa shape index (κ1) is 16.9. The third kappa shape index (κ3) is 2.63. The second-order valence-electron chi connectivity index (χ2n) is 5.76. The van der Waals surface area contributed by atoms with Crippen molar-refractivity contribution in [2.45, 2.75) is 12.1 Å². The van der Waals surface area contributed by atoms with Gasteiger partial charge in [0.05, 0.1) is 6.54 Å². The minimum atomic E-state index is -4.91. The maximum Gasteiger partial charge on any atom is 0.418 e. The van der Waals surface area contributed by atoms with E-state index in [2.05, 4.69) is 9.27 Å². The minimum absolute atomic E-state index is 0.0121. The van der Waals surface area contributed by atoms with Crippen LogP contribution < -0.4 is 5.73 Å². The van der Waals surface area contributed by atoms with Crippen LogP contribution >= 0.6 is 11.3 Å². The van der Waals surface area contributed by atoms with Crippen LogP contribution in [0.5, 0.6) is 0 Å². The molecule has 0 radical (unpaired) electrons. The van der Waals surface area contributed by atoms with E-state index in [1.807, 2.05) is 6.07 Å². The molecule has 3 amide bonds. The molecule has 2 aromatic heterocycles. The zero-order valence-corrected chi connectivity index (χ0v) is 14.6. The Kier molecular flexibility index (Phi) is 3.73.